The second-order valence-corrected chi connectivity index (χ2v) is 9.08. The molecule has 0 aliphatic rings. The van der Waals surface area contributed by atoms with Crippen LogP contribution >= 0.6 is 0 Å². The molecule has 1 heterocycles. The summed E-state index contributed by atoms with van der Waals surface area (Å²) in [7, 11) is 6.23. The van der Waals surface area contributed by atoms with Gasteiger partial charge >= 0.3 is 0 Å². The van der Waals surface area contributed by atoms with Crippen molar-refractivity contribution in [2.24, 2.45) is 7.05 Å². The molecule has 4 aromatic carbocycles. The van der Waals surface area contributed by atoms with E-state index in [0.29, 0.717) is 0 Å². The lowest BCUT2D eigenvalue weighted by Crippen LogP contribution is -2.09. The number of rotatable bonds is 6. The van der Waals surface area contributed by atoms with Gasteiger partial charge in [0.1, 0.15) is 0 Å². The molecule has 0 amide bonds. The number of hydrogen-bond donors (Lipinski definition) is 2. The summed E-state index contributed by atoms with van der Waals surface area (Å²) >= 11 is 0. The fraction of sp³-hybridized carbons (Fsp3) is 0.0968. The second kappa shape index (κ2) is 9.55. The molecule has 5 heteroatoms. The van der Waals surface area contributed by atoms with Crippen LogP contribution < -0.4 is 21.3 Å². The van der Waals surface area contributed by atoms with Crippen LogP contribution in [-0.2, 0) is 7.05 Å². The summed E-state index contributed by atoms with van der Waals surface area (Å²) in [4.78, 5) is 4.32. The maximum Gasteiger partial charge on any atom is 0.0557 e. The minimum absolute atomic E-state index is 0.767. The van der Waals surface area contributed by atoms with Crippen LogP contribution in [-0.4, -0.2) is 18.7 Å². The van der Waals surface area contributed by atoms with Crippen LogP contribution in [0.15, 0.2) is 109 Å². The van der Waals surface area contributed by atoms with Gasteiger partial charge in [0.05, 0.1) is 5.69 Å². The fourth-order valence-corrected chi connectivity index (χ4v) is 4.52. The van der Waals surface area contributed by atoms with Crippen LogP contribution in [0.1, 0.15) is 0 Å². The van der Waals surface area contributed by atoms with Gasteiger partial charge in [0.2, 0.25) is 0 Å². The van der Waals surface area contributed by atoms with E-state index in [1.54, 1.807) is 0 Å². The van der Waals surface area contributed by atoms with Crippen molar-refractivity contribution in [3.05, 3.63) is 109 Å². The normalized spacial score (nSPS) is 10.9. The van der Waals surface area contributed by atoms with E-state index in [1.807, 2.05) is 48.5 Å². The van der Waals surface area contributed by atoms with E-state index in [-0.39, 0.29) is 0 Å². The zero-order valence-corrected chi connectivity index (χ0v) is 20.9. The standard InChI is InChI=1S/C31H31N5/c1-34-21-20-30(22-4-12-26(13-5-22)35(2)28-16-8-24(32)9-17-28)31(34)23-6-14-27(15-7-23)36(3)29-18-10-25(33)11-19-29/h4-21H,32-33H2,1-3H3. The third kappa shape index (κ3) is 4.51. The average molecular weight is 474 g/mol. The van der Waals surface area contributed by atoms with Gasteiger partial charge in [-0.2, -0.15) is 0 Å². The fourth-order valence-electron chi connectivity index (χ4n) is 4.52. The predicted molar refractivity (Wildman–Crippen MR) is 154 cm³/mol. The monoisotopic (exact) mass is 473 g/mol. The Labute approximate surface area is 212 Å². The maximum atomic E-state index is 5.84. The Bertz CT molecular complexity index is 1450. The van der Waals surface area contributed by atoms with Gasteiger partial charge in [-0.15, -0.1) is 0 Å². The summed E-state index contributed by atoms with van der Waals surface area (Å²) < 4.78 is 2.18. The number of hydrogen-bond acceptors (Lipinski definition) is 4. The number of aromatic nitrogens is 1. The molecule has 0 saturated carbocycles. The van der Waals surface area contributed by atoms with E-state index < -0.39 is 0 Å². The summed E-state index contributed by atoms with van der Waals surface area (Å²) in [6, 6.07) is 35.4. The molecule has 5 nitrogen and oxygen atoms in total. The van der Waals surface area contributed by atoms with Crippen molar-refractivity contribution in [2.45, 2.75) is 0 Å². The number of nitrogens with two attached hydrogens (primary N) is 2. The Hall–Kier alpha value is -4.64. The quantitative estimate of drug-likeness (QED) is 0.259. The number of anilines is 6. The Morgan fingerprint density at radius 1 is 0.500 bits per heavy atom. The van der Waals surface area contributed by atoms with E-state index in [9.17, 15) is 0 Å². The SMILES string of the molecule is CN(c1ccc(N)cc1)c1ccc(-c2ccn(C)c2-c2ccc(N(C)c3ccc(N)cc3)cc2)cc1. The van der Waals surface area contributed by atoms with Crippen LogP contribution in [0, 0.1) is 0 Å². The number of nitrogen functional groups attached to an aromatic ring is 2. The highest BCUT2D eigenvalue weighted by molar-refractivity contribution is 5.83. The summed E-state index contributed by atoms with van der Waals surface area (Å²) in [6.07, 6.45) is 2.12. The van der Waals surface area contributed by atoms with Crippen molar-refractivity contribution >= 4 is 34.1 Å². The van der Waals surface area contributed by atoms with Crippen LogP contribution in [0.2, 0.25) is 0 Å². The molecule has 4 N–H and O–H groups in total. The number of nitrogens with zero attached hydrogens (tertiary/aromatic N) is 3. The molecule has 5 aromatic rings. The minimum atomic E-state index is 0.767. The summed E-state index contributed by atoms with van der Waals surface area (Å²) in [6.45, 7) is 0. The van der Waals surface area contributed by atoms with Crippen molar-refractivity contribution in [3.8, 4) is 22.4 Å². The lowest BCUT2D eigenvalue weighted by atomic mass is 10.0. The highest BCUT2D eigenvalue weighted by atomic mass is 15.1. The molecule has 0 radical (unpaired) electrons. The molecular formula is C31H31N5. The zero-order chi connectivity index (χ0) is 25.2. The molecule has 0 aliphatic heterocycles. The van der Waals surface area contributed by atoms with Gasteiger partial charge in [0, 0.05) is 67.0 Å². The lowest BCUT2D eigenvalue weighted by Gasteiger charge is -2.21. The van der Waals surface area contributed by atoms with E-state index in [2.05, 4.69) is 96.3 Å². The van der Waals surface area contributed by atoms with Gasteiger partial charge in [-0.25, -0.2) is 0 Å². The van der Waals surface area contributed by atoms with Gasteiger partial charge < -0.3 is 25.8 Å². The Morgan fingerprint density at radius 2 is 0.861 bits per heavy atom. The first-order valence-corrected chi connectivity index (χ1v) is 12.0. The first-order valence-electron chi connectivity index (χ1n) is 12.0. The molecule has 0 saturated heterocycles. The van der Waals surface area contributed by atoms with E-state index >= 15 is 0 Å². The third-order valence-electron chi connectivity index (χ3n) is 6.73. The van der Waals surface area contributed by atoms with E-state index in [4.69, 9.17) is 11.5 Å². The van der Waals surface area contributed by atoms with Crippen molar-refractivity contribution < 1.29 is 0 Å². The maximum absolute atomic E-state index is 5.84. The highest BCUT2D eigenvalue weighted by Gasteiger charge is 2.13. The molecule has 36 heavy (non-hydrogen) atoms. The molecule has 0 unspecified atom stereocenters. The van der Waals surface area contributed by atoms with Crippen molar-refractivity contribution in [3.63, 3.8) is 0 Å². The van der Waals surface area contributed by atoms with Gasteiger partial charge in [-0.05, 0) is 90.0 Å². The Morgan fingerprint density at radius 3 is 1.28 bits per heavy atom. The molecule has 0 bridgehead atoms. The summed E-state index contributed by atoms with van der Waals surface area (Å²) in [5, 5.41) is 0. The zero-order valence-electron chi connectivity index (χ0n) is 20.9. The molecule has 0 aliphatic carbocycles. The molecule has 5 rings (SSSR count). The van der Waals surface area contributed by atoms with Crippen molar-refractivity contribution in [1.82, 2.24) is 4.57 Å². The van der Waals surface area contributed by atoms with E-state index in [1.165, 1.54) is 22.4 Å². The first-order chi connectivity index (χ1) is 17.4. The van der Waals surface area contributed by atoms with Crippen LogP contribution in [0.5, 0.6) is 0 Å². The van der Waals surface area contributed by atoms with Gasteiger partial charge in [0.15, 0.2) is 0 Å². The predicted octanol–water partition coefficient (Wildman–Crippen LogP) is 7.06. The second-order valence-electron chi connectivity index (χ2n) is 9.08. The highest BCUT2D eigenvalue weighted by Crippen LogP contribution is 2.36. The number of aryl methyl sites for hydroxylation is 1. The Balaban J connectivity index is 1.40. The third-order valence-corrected chi connectivity index (χ3v) is 6.73. The van der Waals surface area contributed by atoms with Gasteiger partial charge in [0.25, 0.3) is 0 Å². The van der Waals surface area contributed by atoms with Gasteiger partial charge in [-0.3, -0.25) is 0 Å². The topological polar surface area (TPSA) is 63.5 Å². The lowest BCUT2D eigenvalue weighted by molar-refractivity contribution is 0.937. The summed E-state index contributed by atoms with van der Waals surface area (Å²) in [5.74, 6) is 0. The number of benzene rings is 4. The molecule has 0 fully saturated rings. The average Bonchev–Trinajstić information content (AvgIpc) is 3.30. The molecule has 180 valence electrons. The van der Waals surface area contributed by atoms with Crippen LogP contribution in [0.25, 0.3) is 22.4 Å². The molecular weight excluding hydrogens is 442 g/mol. The van der Waals surface area contributed by atoms with Crippen LogP contribution in [0.4, 0.5) is 34.1 Å². The molecule has 1 aromatic heterocycles. The first kappa shape index (κ1) is 23.1. The van der Waals surface area contributed by atoms with Crippen molar-refractivity contribution in [1.29, 1.82) is 0 Å². The van der Waals surface area contributed by atoms with Gasteiger partial charge in [-0.1, -0.05) is 24.3 Å². The van der Waals surface area contributed by atoms with Crippen LogP contribution in [0.3, 0.4) is 0 Å². The summed E-state index contributed by atoms with van der Waals surface area (Å²) in [5.41, 5.74) is 22.4. The Kier molecular flexibility index (Phi) is 6.13. The minimum Gasteiger partial charge on any atom is -0.399 e. The van der Waals surface area contributed by atoms with Crippen molar-refractivity contribution in [2.75, 3.05) is 35.4 Å². The smallest absolute Gasteiger partial charge is 0.0557 e. The largest absolute Gasteiger partial charge is 0.399 e. The molecule has 0 atom stereocenters. The van der Waals surface area contributed by atoms with E-state index in [0.717, 1.165) is 34.1 Å². The molecule has 0 spiro atoms.